The summed E-state index contributed by atoms with van der Waals surface area (Å²) >= 11 is 5.65. The Balaban J connectivity index is 0.000000171. The van der Waals surface area contributed by atoms with Gasteiger partial charge in [-0.05, 0) is 32.9 Å². The number of hydrogen-bond donors (Lipinski definition) is 1. The summed E-state index contributed by atoms with van der Waals surface area (Å²) in [6.07, 6.45) is 0. The van der Waals surface area contributed by atoms with Crippen LogP contribution in [0.15, 0.2) is 42.5 Å². The maximum absolute atomic E-state index is 9.02. The van der Waals surface area contributed by atoms with E-state index in [-0.39, 0.29) is 5.75 Å². The van der Waals surface area contributed by atoms with Crippen LogP contribution < -0.4 is 0 Å². The van der Waals surface area contributed by atoms with E-state index in [0.29, 0.717) is 5.02 Å². The second kappa shape index (κ2) is 6.31. The maximum atomic E-state index is 9.02. The topological polar surface area (TPSA) is 20.2 Å². The number of hydrogen-bond acceptors (Lipinski definition) is 1. The summed E-state index contributed by atoms with van der Waals surface area (Å²) in [6.45, 7) is 5.97. The van der Waals surface area contributed by atoms with E-state index < -0.39 is 0 Å². The Morgan fingerprint density at radius 3 is 1.65 bits per heavy atom. The highest BCUT2D eigenvalue weighted by Crippen LogP contribution is 2.22. The third kappa shape index (κ3) is 4.49. The second-order valence-corrected chi connectivity index (χ2v) is 4.45. The van der Waals surface area contributed by atoms with Gasteiger partial charge in [0, 0.05) is 10.6 Å². The molecule has 2 aromatic carbocycles. The van der Waals surface area contributed by atoms with Gasteiger partial charge in [0.2, 0.25) is 0 Å². The Bertz CT molecular complexity index is 434. The summed E-state index contributed by atoms with van der Waals surface area (Å²) in [5, 5.41) is 9.62. The van der Waals surface area contributed by atoms with E-state index in [4.69, 9.17) is 16.7 Å². The maximum Gasteiger partial charge on any atom is 0.119 e. The van der Waals surface area contributed by atoms with E-state index >= 15 is 0 Å². The predicted octanol–water partition coefficient (Wildman–Crippen LogP) is 4.66. The van der Waals surface area contributed by atoms with Gasteiger partial charge in [0.1, 0.15) is 5.75 Å². The van der Waals surface area contributed by atoms with Crippen LogP contribution in [-0.2, 0) is 0 Å². The molecule has 2 rings (SSSR count). The molecule has 0 bridgehead atoms. The Kier molecular flexibility index (Phi) is 5.05. The van der Waals surface area contributed by atoms with Crippen molar-refractivity contribution in [1.82, 2.24) is 0 Å². The number of benzene rings is 2. The van der Waals surface area contributed by atoms with Crippen molar-refractivity contribution in [3.05, 3.63) is 64.2 Å². The minimum absolute atomic E-state index is 0.252. The van der Waals surface area contributed by atoms with Crippen LogP contribution in [-0.4, -0.2) is 5.11 Å². The van der Waals surface area contributed by atoms with E-state index in [0.717, 1.165) is 5.56 Å². The molecule has 0 atom stereocenters. The van der Waals surface area contributed by atoms with E-state index in [1.165, 1.54) is 11.1 Å². The molecule has 2 heteroatoms. The normalized spacial score (nSPS) is 9.41. The molecule has 0 saturated heterocycles. The standard InChI is InChI=1S/C8H10.C7H7ClO/c1-7-3-5-8(2)6-4-7;1-5-6(8)3-2-4-7(5)9/h3-6H,1-2H3;2-4,9H,1H3. The van der Waals surface area contributed by atoms with Crippen LogP contribution >= 0.6 is 11.6 Å². The fraction of sp³-hybridized carbons (Fsp3) is 0.200. The van der Waals surface area contributed by atoms with Crippen LogP contribution in [0.2, 0.25) is 5.02 Å². The molecular formula is C15H17ClO. The highest BCUT2D eigenvalue weighted by atomic mass is 35.5. The van der Waals surface area contributed by atoms with Crippen LogP contribution in [0, 0.1) is 20.8 Å². The van der Waals surface area contributed by atoms with Crippen molar-refractivity contribution in [2.45, 2.75) is 20.8 Å². The average Bonchev–Trinajstić information content (AvgIpc) is 2.31. The van der Waals surface area contributed by atoms with Crippen LogP contribution in [0.3, 0.4) is 0 Å². The molecule has 0 radical (unpaired) electrons. The van der Waals surface area contributed by atoms with Crippen molar-refractivity contribution < 1.29 is 5.11 Å². The lowest BCUT2D eigenvalue weighted by Crippen LogP contribution is -1.73. The van der Waals surface area contributed by atoms with Crippen molar-refractivity contribution in [2.24, 2.45) is 0 Å². The number of phenols is 1. The molecular weight excluding hydrogens is 232 g/mol. The quantitative estimate of drug-likeness (QED) is 0.719. The van der Waals surface area contributed by atoms with Gasteiger partial charge in [-0.25, -0.2) is 0 Å². The van der Waals surface area contributed by atoms with Crippen LogP contribution in [0.1, 0.15) is 16.7 Å². The molecule has 2 aromatic rings. The molecule has 1 N–H and O–H groups in total. The summed E-state index contributed by atoms with van der Waals surface area (Å²) in [4.78, 5) is 0. The first kappa shape index (κ1) is 13.6. The van der Waals surface area contributed by atoms with Gasteiger partial charge < -0.3 is 5.11 Å². The average molecular weight is 249 g/mol. The molecule has 90 valence electrons. The first-order valence-electron chi connectivity index (χ1n) is 5.48. The zero-order valence-corrected chi connectivity index (χ0v) is 11.1. The number of halogens is 1. The molecule has 0 amide bonds. The summed E-state index contributed by atoms with van der Waals surface area (Å²) < 4.78 is 0. The highest BCUT2D eigenvalue weighted by Gasteiger charge is 1.96. The lowest BCUT2D eigenvalue weighted by atomic mass is 10.2. The van der Waals surface area contributed by atoms with E-state index in [1.807, 2.05) is 0 Å². The van der Waals surface area contributed by atoms with Gasteiger partial charge in [-0.3, -0.25) is 0 Å². The third-order valence-electron chi connectivity index (χ3n) is 2.46. The summed E-state index contributed by atoms with van der Waals surface area (Å²) in [5.74, 6) is 0.252. The molecule has 0 aromatic heterocycles. The summed E-state index contributed by atoms with van der Waals surface area (Å²) in [5.41, 5.74) is 3.39. The zero-order valence-electron chi connectivity index (χ0n) is 10.4. The van der Waals surface area contributed by atoms with Crippen molar-refractivity contribution in [2.75, 3.05) is 0 Å². The van der Waals surface area contributed by atoms with Crippen molar-refractivity contribution in [3.63, 3.8) is 0 Å². The van der Waals surface area contributed by atoms with Gasteiger partial charge in [0.15, 0.2) is 0 Å². The van der Waals surface area contributed by atoms with Gasteiger partial charge in [0.05, 0.1) is 0 Å². The Labute approximate surface area is 108 Å². The van der Waals surface area contributed by atoms with Gasteiger partial charge in [-0.15, -0.1) is 0 Å². The zero-order chi connectivity index (χ0) is 12.8. The van der Waals surface area contributed by atoms with Crippen LogP contribution in [0.4, 0.5) is 0 Å². The first-order valence-corrected chi connectivity index (χ1v) is 5.86. The number of rotatable bonds is 0. The number of aromatic hydroxyl groups is 1. The third-order valence-corrected chi connectivity index (χ3v) is 2.87. The molecule has 0 heterocycles. The fourth-order valence-corrected chi connectivity index (χ4v) is 1.40. The summed E-state index contributed by atoms with van der Waals surface area (Å²) in [6, 6.07) is 13.6. The first-order chi connectivity index (χ1) is 8.00. The molecule has 0 spiro atoms. The molecule has 0 aliphatic heterocycles. The Morgan fingerprint density at radius 1 is 0.824 bits per heavy atom. The minimum Gasteiger partial charge on any atom is -0.508 e. The molecule has 1 nitrogen and oxygen atoms in total. The van der Waals surface area contributed by atoms with Crippen molar-refractivity contribution >= 4 is 11.6 Å². The number of aryl methyl sites for hydroxylation is 2. The van der Waals surface area contributed by atoms with Gasteiger partial charge in [-0.2, -0.15) is 0 Å². The number of phenolic OH excluding ortho intramolecular Hbond substituents is 1. The second-order valence-electron chi connectivity index (χ2n) is 4.04. The molecule has 0 fully saturated rings. The minimum atomic E-state index is 0.252. The highest BCUT2D eigenvalue weighted by molar-refractivity contribution is 6.31. The lowest BCUT2D eigenvalue weighted by molar-refractivity contribution is 0.471. The smallest absolute Gasteiger partial charge is 0.119 e. The molecule has 0 saturated carbocycles. The monoisotopic (exact) mass is 248 g/mol. The molecule has 0 aliphatic rings. The Morgan fingerprint density at radius 2 is 1.29 bits per heavy atom. The van der Waals surface area contributed by atoms with Gasteiger partial charge >= 0.3 is 0 Å². The van der Waals surface area contributed by atoms with E-state index in [1.54, 1.807) is 25.1 Å². The predicted molar refractivity (Wildman–Crippen MR) is 73.8 cm³/mol. The molecule has 17 heavy (non-hydrogen) atoms. The van der Waals surface area contributed by atoms with Crippen molar-refractivity contribution in [3.8, 4) is 5.75 Å². The van der Waals surface area contributed by atoms with Gasteiger partial charge in [-0.1, -0.05) is 53.1 Å². The molecule has 0 aliphatic carbocycles. The van der Waals surface area contributed by atoms with Crippen LogP contribution in [0.25, 0.3) is 0 Å². The fourth-order valence-electron chi connectivity index (χ4n) is 1.23. The van der Waals surface area contributed by atoms with E-state index in [2.05, 4.69) is 38.1 Å². The van der Waals surface area contributed by atoms with Crippen molar-refractivity contribution in [1.29, 1.82) is 0 Å². The lowest BCUT2D eigenvalue weighted by Gasteiger charge is -1.97. The van der Waals surface area contributed by atoms with Gasteiger partial charge in [0.25, 0.3) is 0 Å². The molecule has 0 unspecified atom stereocenters. The van der Waals surface area contributed by atoms with Crippen LogP contribution in [0.5, 0.6) is 5.75 Å². The SMILES string of the molecule is Cc1c(O)cccc1Cl.Cc1ccc(C)cc1. The summed E-state index contributed by atoms with van der Waals surface area (Å²) in [7, 11) is 0. The Hall–Kier alpha value is -1.47. The largest absolute Gasteiger partial charge is 0.508 e. The van der Waals surface area contributed by atoms with E-state index in [9.17, 15) is 0 Å².